The molecule has 0 aromatic heterocycles. The van der Waals surface area contributed by atoms with Crippen LogP contribution in [0.2, 0.25) is 0 Å². The van der Waals surface area contributed by atoms with Crippen LogP contribution in [0.15, 0.2) is 24.8 Å². The molecule has 1 aromatic carbocycles. The summed E-state index contributed by atoms with van der Waals surface area (Å²) in [5, 5.41) is 0. The lowest BCUT2D eigenvalue weighted by Crippen LogP contribution is -2.05. The van der Waals surface area contributed by atoms with Crippen LogP contribution < -0.4 is 0 Å². The van der Waals surface area contributed by atoms with Gasteiger partial charge in [0.2, 0.25) is 0 Å². The zero-order valence-corrected chi connectivity index (χ0v) is 8.07. The molecule has 76 valence electrons. The van der Waals surface area contributed by atoms with Crippen LogP contribution in [0, 0.1) is 6.92 Å². The van der Waals surface area contributed by atoms with Crippen LogP contribution in [0.25, 0.3) is 5.57 Å². The highest BCUT2D eigenvalue weighted by Crippen LogP contribution is 2.31. The summed E-state index contributed by atoms with van der Waals surface area (Å²) in [4.78, 5) is 0. The number of alkyl halides is 3. The maximum atomic E-state index is 12.3. The van der Waals surface area contributed by atoms with Crippen LogP contribution in [0.1, 0.15) is 23.6 Å². The van der Waals surface area contributed by atoms with E-state index in [1.165, 1.54) is 6.07 Å². The molecule has 0 N–H and O–H groups in total. The van der Waals surface area contributed by atoms with Crippen molar-refractivity contribution in [3.8, 4) is 0 Å². The number of allylic oxidation sites excluding steroid dienone is 1. The Kier molecular flexibility index (Phi) is 2.69. The van der Waals surface area contributed by atoms with Crippen LogP contribution >= 0.6 is 0 Å². The molecule has 0 unspecified atom stereocenters. The maximum Gasteiger partial charge on any atom is 0.416 e. The van der Waals surface area contributed by atoms with E-state index in [1.54, 1.807) is 13.8 Å². The lowest BCUT2D eigenvalue weighted by Gasteiger charge is -2.10. The molecule has 0 aliphatic rings. The van der Waals surface area contributed by atoms with E-state index in [9.17, 15) is 13.2 Å². The summed E-state index contributed by atoms with van der Waals surface area (Å²) in [5.74, 6) is 0. The number of halogens is 3. The van der Waals surface area contributed by atoms with E-state index in [4.69, 9.17) is 0 Å². The minimum absolute atomic E-state index is 0.569. The third kappa shape index (κ3) is 2.16. The van der Waals surface area contributed by atoms with Crippen molar-refractivity contribution in [3.05, 3.63) is 41.5 Å². The molecule has 1 aromatic rings. The summed E-state index contributed by atoms with van der Waals surface area (Å²) in [6, 6.07) is 3.69. The van der Waals surface area contributed by atoms with Crippen molar-refractivity contribution in [2.45, 2.75) is 20.0 Å². The highest BCUT2D eigenvalue weighted by atomic mass is 19.4. The van der Waals surface area contributed by atoms with Gasteiger partial charge in [-0.1, -0.05) is 18.2 Å². The summed E-state index contributed by atoms with van der Waals surface area (Å²) in [6.07, 6.45) is -4.28. The van der Waals surface area contributed by atoms with Gasteiger partial charge in [0.15, 0.2) is 0 Å². The zero-order chi connectivity index (χ0) is 10.9. The Hall–Kier alpha value is -1.25. The van der Waals surface area contributed by atoms with E-state index in [1.807, 2.05) is 0 Å². The van der Waals surface area contributed by atoms with Gasteiger partial charge in [-0.15, -0.1) is 0 Å². The summed E-state index contributed by atoms with van der Waals surface area (Å²) >= 11 is 0. The highest BCUT2D eigenvalue weighted by Gasteiger charge is 2.30. The molecule has 0 spiro atoms. The third-order valence-corrected chi connectivity index (χ3v) is 2.02. The second-order valence-electron chi connectivity index (χ2n) is 3.31. The average molecular weight is 200 g/mol. The molecule has 14 heavy (non-hydrogen) atoms. The number of hydrogen-bond donors (Lipinski definition) is 0. The van der Waals surface area contributed by atoms with E-state index in [0.717, 1.165) is 17.7 Å². The number of hydrogen-bond acceptors (Lipinski definition) is 0. The molecular formula is C11H11F3. The molecule has 0 aliphatic carbocycles. The molecule has 0 fully saturated rings. The van der Waals surface area contributed by atoms with Gasteiger partial charge < -0.3 is 0 Å². The number of rotatable bonds is 1. The van der Waals surface area contributed by atoms with Gasteiger partial charge in [-0.3, -0.25) is 0 Å². The average Bonchev–Trinajstić information content (AvgIpc) is 2.02. The van der Waals surface area contributed by atoms with Crippen molar-refractivity contribution in [2.24, 2.45) is 0 Å². The summed E-state index contributed by atoms with van der Waals surface area (Å²) in [7, 11) is 0. The summed E-state index contributed by atoms with van der Waals surface area (Å²) in [5.41, 5.74) is 1.40. The first-order chi connectivity index (χ1) is 6.32. The van der Waals surface area contributed by atoms with Crippen LogP contribution in [0.5, 0.6) is 0 Å². The Balaban J connectivity index is 3.27. The van der Waals surface area contributed by atoms with Crippen LogP contribution in [-0.2, 0) is 6.18 Å². The van der Waals surface area contributed by atoms with Gasteiger partial charge >= 0.3 is 6.18 Å². The minimum Gasteiger partial charge on any atom is -0.166 e. The molecule has 0 saturated carbocycles. The van der Waals surface area contributed by atoms with Crippen molar-refractivity contribution in [3.63, 3.8) is 0 Å². The molecule has 0 atom stereocenters. The van der Waals surface area contributed by atoms with Gasteiger partial charge in [0.05, 0.1) is 5.56 Å². The molecule has 3 heteroatoms. The van der Waals surface area contributed by atoms with E-state index in [-0.39, 0.29) is 0 Å². The third-order valence-electron chi connectivity index (χ3n) is 2.02. The van der Waals surface area contributed by atoms with Crippen molar-refractivity contribution < 1.29 is 13.2 Å². The Morgan fingerprint density at radius 3 is 2.29 bits per heavy atom. The molecular weight excluding hydrogens is 189 g/mol. The molecule has 0 bridgehead atoms. The van der Waals surface area contributed by atoms with E-state index >= 15 is 0 Å². The van der Waals surface area contributed by atoms with Gasteiger partial charge in [-0.25, -0.2) is 0 Å². The van der Waals surface area contributed by atoms with Crippen molar-refractivity contribution >= 4 is 5.57 Å². The second-order valence-corrected chi connectivity index (χ2v) is 3.31. The molecule has 0 radical (unpaired) electrons. The first-order valence-corrected chi connectivity index (χ1v) is 4.16. The monoisotopic (exact) mass is 200 g/mol. The van der Waals surface area contributed by atoms with Gasteiger partial charge in [0, 0.05) is 0 Å². The highest BCUT2D eigenvalue weighted by molar-refractivity contribution is 5.65. The van der Waals surface area contributed by atoms with E-state index in [2.05, 4.69) is 6.58 Å². The fourth-order valence-electron chi connectivity index (χ4n) is 1.26. The molecule has 1 rings (SSSR count). The van der Waals surface area contributed by atoms with Crippen LogP contribution in [-0.4, -0.2) is 0 Å². The molecule has 0 amide bonds. The first kappa shape index (κ1) is 10.8. The number of benzene rings is 1. The lowest BCUT2D eigenvalue weighted by atomic mass is 10.00. The summed E-state index contributed by atoms with van der Waals surface area (Å²) < 4.78 is 37.0. The molecule has 0 saturated heterocycles. The Labute approximate surface area is 81.1 Å². The molecule has 0 nitrogen and oxygen atoms in total. The molecule has 0 aliphatic heterocycles. The van der Waals surface area contributed by atoms with E-state index < -0.39 is 11.7 Å². The quantitative estimate of drug-likeness (QED) is 0.641. The van der Waals surface area contributed by atoms with Crippen molar-refractivity contribution in [1.82, 2.24) is 0 Å². The normalized spacial score (nSPS) is 11.5. The Morgan fingerprint density at radius 1 is 1.29 bits per heavy atom. The van der Waals surface area contributed by atoms with Crippen molar-refractivity contribution in [1.29, 1.82) is 0 Å². The smallest absolute Gasteiger partial charge is 0.166 e. The first-order valence-electron chi connectivity index (χ1n) is 4.16. The summed E-state index contributed by atoms with van der Waals surface area (Å²) in [6.45, 7) is 7.11. The Bertz CT molecular complexity index is 361. The predicted molar refractivity (Wildman–Crippen MR) is 50.9 cm³/mol. The second kappa shape index (κ2) is 3.48. The van der Waals surface area contributed by atoms with Gasteiger partial charge in [-0.2, -0.15) is 13.2 Å². The fraction of sp³-hybridized carbons (Fsp3) is 0.273. The van der Waals surface area contributed by atoms with Crippen LogP contribution in [0.4, 0.5) is 13.2 Å². The van der Waals surface area contributed by atoms with Crippen molar-refractivity contribution in [2.75, 3.05) is 0 Å². The fourth-order valence-corrected chi connectivity index (χ4v) is 1.26. The Morgan fingerprint density at radius 2 is 1.86 bits per heavy atom. The lowest BCUT2D eigenvalue weighted by molar-refractivity contribution is -0.137. The van der Waals surface area contributed by atoms with Gasteiger partial charge in [0.25, 0.3) is 0 Å². The van der Waals surface area contributed by atoms with Crippen LogP contribution in [0.3, 0.4) is 0 Å². The van der Waals surface area contributed by atoms with Gasteiger partial charge in [0.1, 0.15) is 0 Å². The predicted octanol–water partition coefficient (Wildman–Crippen LogP) is 4.05. The maximum absolute atomic E-state index is 12.3. The van der Waals surface area contributed by atoms with E-state index in [0.29, 0.717) is 11.1 Å². The minimum atomic E-state index is -4.28. The standard InChI is InChI=1S/C11H11F3/c1-7(2)10-6-9(11(12,13)14)5-4-8(10)3/h4-6H,1H2,2-3H3. The number of aryl methyl sites for hydroxylation is 1. The SMILES string of the molecule is C=C(C)c1cc(C(F)(F)F)ccc1C. The molecule has 0 heterocycles. The largest absolute Gasteiger partial charge is 0.416 e. The zero-order valence-electron chi connectivity index (χ0n) is 8.07. The topological polar surface area (TPSA) is 0 Å². The van der Waals surface area contributed by atoms with Gasteiger partial charge in [-0.05, 0) is 37.1 Å².